The van der Waals surface area contributed by atoms with Crippen molar-refractivity contribution in [1.82, 2.24) is 9.97 Å². The third kappa shape index (κ3) is 4.65. The van der Waals surface area contributed by atoms with Gasteiger partial charge in [-0.3, -0.25) is 24.8 Å². The van der Waals surface area contributed by atoms with Gasteiger partial charge >= 0.3 is 0 Å². The Labute approximate surface area is 184 Å². The van der Waals surface area contributed by atoms with Gasteiger partial charge in [0.05, 0.1) is 21.9 Å². The second-order valence-electron chi connectivity index (χ2n) is 6.66. The van der Waals surface area contributed by atoms with Crippen LogP contribution in [0.5, 0.6) is 0 Å². The van der Waals surface area contributed by atoms with Gasteiger partial charge in [-0.25, -0.2) is 13.8 Å². The van der Waals surface area contributed by atoms with Crippen molar-refractivity contribution >= 4 is 44.4 Å². The fourth-order valence-corrected chi connectivity index (χ4v) is 3.96. The van der Waals surface area contributed by atoms with E-state index in [1.54, 1.807) is 30.5 Å². The number of amides is 1. The molecule has 2 heterocycles. The molecule has 4 aromatic rings. The van der Waals surface area contributed by atoms with Crippen LogP contribution < -0.4 is 4.90 Å². The van der Waals surface area contributed by atoms with E-state index in [-0.39, 0.29) is 27.6 Å². The number of non-ortho nitro benzene ring substituents is 1. The largest absolute Gasteiger partial charge is 0.278 e. The molecule has 0 N–H and O–H groups in total. The highest BCUT2D eigenvalue weighted by molar-refractivity contribution is 7.22. The average Bonchev–Trinajstić information content (AvgIpc) is 3.21. The van der Waals surface area contributed by atoms with Gasteiger partial charge in [0.25, 0.3) is 11.6 Å². The van der Waals surface area contributed by atoms with E-state index >= 15 is 0 Å². The molecule has 0 unspecified atom stereocenters. The number of carbonyl (C=O) groups excluding carboxylic acids is 1. The Balaban J connectivity index is 1.69. The second-order valence-corrected chi connectivity index (χ2v) is 7.67. The number of anilines is 1. The van der Waals surface area contributed by atoms with Crippen molar-refractivity contribution < 1.29 is 18.5 Å². The van der Waals surface area contributed by atoms with Crippen molar-refractivity contribution in [3.8, 4) is 0 Å². The van der Waals surface area contributed by atoms with E-state index in [0.29, 0.717) is 11.3 Å². The molecule has 0 atom stereocenters. The summed E-state index contributed by atoms with van der Waals surface area (Å²) in [5.41, 5.74) is 0.889. The predicted molar refractivity (Wildman–Crippen MR) is 117 cm³/mol. The first kappa shape index (κ1) is 21.2. The van der Waals surface area contributed by atoms with E-state index in [1.165, 1.54) is 35.3 Å². The zero-order valence-electron chi connectivity index (χ0n) is 16.3. The third-order valence-electron chi connectivity index (χ3n) is 4.44. The molecule has 0 aliphatic carbocycles. The molecular weight excluding hydrogens is 438 g/mol. The number of carbonyl (C=O) groups is 1. The molecule has 4 rings (SSSR count). The molecule has 2 aromatic heterocycles. The Morgan fingerprint density at radius 1 is 1.16 bits per heavy atom. The predicted octanol–water partition coefficient (Wildman–Crippen LogP) is 5.12. The second kappa shape index (κ2) is 8.98. The first-order valence-corrected chi connectivity index (χ1v) is 10.1. The summed E-state index contributed by atoms with van der Waals surface area (Å²) in [6, 6.07) is 12.9. The van der Waals surface area contributed by atoms with Crippen molar-refractivity contribution in [2.75, 3.05) is 4.90 Å². The van der Waals surface area contributed by atoms with E-state index in [9.17, 15) is 23.7 Å². The quantitative estimate of drug-likeness (QED) is 0.230. The Bertz CT molecular complexity index is 1340. The van der Waals surface area contributed by atoms with Gasteiger partial charge < -0.3 is 0 Å². The van der Waals surface area contributed by atoms with E-state index in [1.807, 2.05) is 0 Å². The van der Waals surface area contributed by atoms with Crippen LogP contribution in [0.15, 0.2) is 66.9 Å². The van der Waals surface area contributed by atoms with Gasteiger partial charge in [-0.15, -0.1) is 0 Å². The van der Waals surface area contributed by atoms with Crippen LogP contribution in [0.1, 0.15) is 11.3 Å². The molecule has 10 heteroatoms. The number of fused-ring (bicyclic) bond motifs is 1. The molecule has 0 saturated carbocycles. The first-order valence-electron chi connectivity index (χ1n) is 9.30. The SMILES string of the molecule is O=C(/C=C/c1cccc([N+](=O)[O-])c1)N(Cc1ccccn1)c1nc2c(F)cc(F)cc2s1. The summed E-state index contributed by atoms with van der Waals surface area (Å²) in [5, 5.41) is 11.1. The van der Waals surface area contributed by atoms with Crippen molar-refractivity contribution in [3.63, 3.8) is 0 Å². The number of nitro benzene ring substituents is 1. The van der Waals surface area contributed by atoms with E-state index in [0.717, 1.165) is 23.5 Å². The van der Waals surface area contributed by atoms with Crippen molar-refractivity contribution in [1.29, 1.82) is 0 Å². The molecule has 2 aromatic carbocycles. The van der Waals surface area contributed by atoms with Crippen molar-refractivity contribution in [2.24, 2.45) is 0 Å². The number of pyridine rings is 1. The molecular formula is C22H14F2N4O3S. The number of thiazole rings is 1. The summed E-state index contributed by atoms with van der Waals surface area (Å²) in [5.74, 6) is -2.06. The van der Waals surface area contributed by atoms with Crippen LogP contribution in [-0.2, 0) is 11.3 Å². The minimum absolute atomic E-state index is 0.0344. The Morgan fingerprint density at radius 2 is 2.00 bits per heavy atom. The molecule has 0 saturated heterocycles. The van der Waals surface area contributed by atoms with Crippen LogP contribution in [0.25, 0.3) is 16.3 Å². The number of hydrogen-bond donors (Lipinski definition) is 0. The monoisotopic (exact) mass is 452 g/mol. The molecule has 7 nitrogen and oxygen atoms in total. The molecule has 0 fully saturated rings. The van der Waals surface area contributed by atoms with Gasteiger partial charge in [-0.05, 0) is 29.8 Å². The standard InChI is InChI=1S/C22H14F2N4O3S/c23-15-11-18(24)21-19(12-15)32-22(26-21)27(13-16-5-1-2-9-25-16)20(29)8-7-14-4-3-6-17(10-14)28(30)31/h1-12H,13H2/b8-7+. The zero-order valence-corrected chi connectivity index (χ0v) is 17.1. The Kier molecular flexibility index (Phi) is 5.95. The van der Waals surface area contributed by atoms with Gasteiger partial charge in [-0.2, -0.15) is 0 Å². The average molecular weight is 452 g/mol. The maximum absolute atomic E-state index is 14.1. The number of benzene rings is 2. The Hall–Kier alpha value is -4.05. The fourth-order valence-electron chi connectivity index (χ4n) is 2.95. The number of halogens is 2. The lowest BCUT2D eigenvalue weighted by molar-refractivity contribution is -0.384. The third-order valence-corrected chi connectivity index (χ3v) is 5.47. The van der Waals surface area contributed by atoms with Crippen LogP contribution in [0.3, 0.4) is 0 Å². The maximum Gasteiger partial charge on any atom is 0.270 e. The van der Waals surface area contributed by atoms with E-state index < -0.39 is 22.5 Å². The highest BCUT2D eigenvalue weighted by atomic mass is 32.1. The molecule has 1 amide bonds. The van der Waals surface area contributed by atoms with Crippen LogP contribution in [0.4, 0.5) is 19.6 Å². The van der Waals surface area contributed by atoms with Gasteiger partial charge in [-0.1, -0.05) is 29.5 Å². The van der Waals surface area contributed by atoms with Crippen molar-refractivity contribution in [2.45, 2.75) is 6.54 Å². The van der Waals surface area contributed by atoms with Crippen LogP contribution in [0, 0.1) is 21.7 Å². The summed E-state index contributed by atoms with van der Waals surface area (Å²) in [6.45, 7) is 0.0445. The molecule has 160 valence electrons. The summed E-state index contributed by atoms with van der Waals surface area (Å²) < 4.78 is 28.0. The lowest BCUT2D eigenvalue weighted by Gasteiger charge is -2.17. The number of rotatable bonds is 6. The normalized spacial score (nSPS) is 11.2. The minimum atomic E-state index is -0.820. The first-order chi connectivity index (χ1) is 15.4. The van der Waals surface area contributed by atoms with Crippen LogP contribution in [0.2, 0.25) is 0 Å². The Morgan fingerprint density at radius 3 is 2.75 bits per heavy atom. The van der Waals surface area contributed by atoms with Crippen LogP contribution >= 0.6 is 11.3 Å². The van der Waals surface area contributed by atoms with Gasteiger partial charge in [0.1, 0.15) is 11.3 Å². The van der Waals surface area contributed by atoms with Gasteiger partial charge in [0.15, 0.2) is 10.9 Å². The van der Waals surface area contributed by atoms with Gasteiger partial charge in [0, 0.05) is 30.5 Å². The minimum Gasteiger partial charge on any atom is -0.278 e. The molecule has 0 aliphatic heterocycles. The number of hydrogen-bond acceptors (Lipinski definition) is 6. The summed E-state index contributed by atoms with van der Waals surface area (Å²) >= 11 is 0.972. The number of aromatic nitrogens is 2. The number of nitrogens with zero attached hydrogens (tertiary/aromatic N) is 4. The van der Waals surface area contributed by atoms with E-state index in [4.69, 9.17) is 0 Å². The molecule has 0 aliphatic rings. The summed E-state index contributed by atoms with van der Waals surface area (Å²) in [6.07, 6.45) is 4.25. The molecule has 0 spiro atoms. The molecule has 0 bridgehead atoms. The highest BCUT2D eigenvalue weighted by Crippen LogP contribution is 2.32. The molecule has 32 heavy (non-hydrogen) atoms. The summed E-state index contributed by atoms with van der Waals surface area (Å²) in [4.78, 5) is 33.2. The topological polar surface area (TPSA) is 89.2 Å². The summed E-state index contributed by atoms with van der Waals surface area (Å²) in [7, 11) is 0. The van der Waals surface area contributed by atoms with Crippen molar-refractivity contribution in [3.05, 3.63) is 99.9 Å². The molecule has 0 radical (unpaired) electrons. The maximum atomic E-state index is 14.1. The van der Waals surface area contributed by atoms with E-state index in [2.05, 4.69) is 9.97 Å². The zero-order chi connectivity index (χ0) is 22.7. The lowest BCUT2D eigenvalue weighted by atomic mass is 10.2. The number of nitro groups is 1. The fraction of sp³-hybridized carbons (Fsp3) is 0.0455. The smallest absolute Gasteiger partial charge is 0.270 e. The highest BCUT2D eigenvalue weighted by Gasteiger charge is 2.21. The lowest BCUT2D eigenvalue weighted by Crippen LogP contribution is -2.29. The van der Waals surface area contributed by atoms with Gasteiger partial charge in [0.2, 0.25) is 0 Å². The van der Waals surface area contributed by atoms with Crippen LogP contribution in [-0.4, -0.2) is 20.8 Å².